The van der Waals surface area contributed by atoms with Gasteiger partial charge in [0.2, 0.25) is 6.79 Å². The maximum absolute atomic E-state index is 5.40. The number of benzene rings is 2. The smallest absolute Gasteiger partial charge is 0.231 e. The van der Waals surface area contributed by atoms with E-state index in [-0.39, 0.29) is 0 Å². The van der Waals surface area contributed by atoms with Crippen molar-refractivity contribution in [3.63, 3.8) is 0 Å². The van der Waals surface area contributed by atoms with Crippen LogP contribution in [-0.2, 0) is 6.54 Å². The monoisotopic (exact) mass is 278 g/mol. The highest BCUT2D eigenvalue weighted by molar-refractivity contribution is 5.90. The van der Waals surface area contributed by atoms with Gasteiger partial charge in [-0.05, 0) is 29.8 Å². The lowest BCUT2D eigenvalue weighted by Crippen LogP contribution is -2.00. The number of hydrogen-bond acceptors (Lipinski definition) is 4. The van der Waals surface area contributed by atoms with Crippen LogP contribution in [-0.4, -0.2) is 11.8 Å². The molecular weight excluding hydrogens is 264 g/mol. The van der Waals surface area contributed by atoms with Gasteiger partial charge in [0, 0.05) is 23.8 Å². The van der Waals surface area contributed by atoms with Crippen LogP contribution in [0.5, 0.6) is 11.5 Å². The molecule has 4 nitrogen and oxygen atoms in total. The Balaban J connectivity index is 1.58. The Bertz CT molecular complexity index is 796. The number of ether oxygens (including phenoxy) is 2. The molecule has 1 aliphatic rings. The van der Waals surface area contributed by atoms with Crippen LogP contribution in [0.15, 0.2) is 54.7 Å². The SMILES string of the molecule is c1ccc2c(NCc3ccc4c(c3)OCO4)ccnc2c1. The lowest BCUT2D eigenvalue weighted by atomic mass is 10.1. The van der Waals surface area contributed by atoms with Gasteiger partial charge in [-0.25, -0.2) is 0 Å². The minimum Gasteiger partial charge on any atom is -0.454 e. The minimum absolute atomic E-state index is 0.307. The van der Waals surface area contributed by atoms with Crippen LogP contribution < -0.4 is 14.8 Å². The minimum atomic E-state index is 0.307. The van der Waals surface area contributed by atoms with E-state index in [4.69, 9.17) is 9.47 Å². The number of nitrogens with zero attached hydrogens (tertiary/aromatic N) is 1. The molecule has 0 radical (unpaired) electrons. The van der Waals surface area contributed by atoms with Crippen molar-refractivity contribution in [1.29, 1.82) is 0 Å². The molecule has 0 saturated heterocycles. The number of para-hydroxylation sites is 1. The van der Waals surface area contributed by atoms with Crippen molar-refractivity contribution in [2.75, 3.05) is 12.1 Å². The number of nitrogens with one attached hydrogen (secondary N) is 1. The molecule has 1 N–H and O–H groups in total. The number of fused-ring (bicyclic) bond motifs is 2. The molecule has 0 spiro atoms. The summed E-state index contributed by atoms with van der Waals surface area (Å²) in [5.74, 6) is 1.63. The molecule has 104 valence electrons. The zero-order valence-corrected chi connectivity index (χ0v) is 11.4. The molecule has 4 heteroatoms. The standard InChI is InChI=1S/C17H14N2O2/c1-2-4-14-13(3-1)15(7-8-18-14)19-10-12-5-6-16-17(9-12)21-11-20-16/h1-9H,10-11H2,(H,18,19). The first-order valence-corrected chi connectivity index (χ1v) is 6.86. The Morgan fingerprint density at radius 2 is 1.90 bits per heavy atom. The second-order valence-corrected chi connectivity index (χ2v) is 4.92. The van der Waals surface area contributed by atoms with Crippen LogP contribution in [0, 0.1) is 0 Å². The fraction of sp³-hybridized carbons (Fsp3) is 0.118. The van der Waals surface area contributed by atoms with Crippen molar-refractivity contribution >= 4 is 16.6 Å². The van der Waals surface area contributed by atoms with Crippen molar-refractivity contribution in [2.45, 2.75) is 6.54 Å². The Morgan fingerprint density at radius 1 is 1.00 bits per heavy atom. The molecule has 1 aromatic heterocycles. The Labute approximate surface area is 122 Å². The van der Waals surface area contributed by atoms with Gasteiger partial charge in [-0.15, -0.1) is 0 Å². The highest BCUT2D eigenvalue weighted by atomic mass is 16.7. The highest BCUT2D eigenvalue weighted by Gasteiger charge is 2.13. The predicted octanol–water partition coefficient (Wildman–Crippen LogP) is 3.58. The fourth-order valence-electron chi connectivity index (χ4n) is 2.50. The molecule has 3 aromatic rings. The zero-order chi connectivity index (χ0) is 14.1. The number of rotatable bonds is 3. The van der Waals surface area contributed by atoms with Crippen molar-refractivity contribution in [1.82, 2.24) is 4.98 Å². The van der Waals surface area contributed by atoms with Gasteiger partial charge in [-0.3, -0.25) is 4.98 Å². The maximum atomic E-state index is 5.40. The first kappa shape index (κ1) is 12.0. The number of pyridine rings is 1. The lowest BCUT2D eigenvalue weighted by molar-refractivity contribution is 0.174. The van der Waals surface area contributed by atoms with E-state index in [1.807, 2.05) is 48.7 Å². The molecular formula is C17H14N2O2. The summed E-state index contributed by atoms with van der Waals surface area (Å²) in [7, 11) is 0. The summed E-state index contributed by atoms with van der Waals surface area (Å²) in [6, 6.07) is 16.1. The van der Waals surface area contributed by atoms with Crippen LogP contribution in [0.2, 0.25) is 0 Å². The van der Waals surface area contributed by atoms with Gasteiger partial charge in [-0.1, -0.05) is 24.3 Å². The van der Waals surface area contributed by atoms with Crippen LogP contribution in [0.1, 0.15) is 5.56 Å². The average Bonchev–Trinajstić information content (AvgIpc) is 3.00. The molecule has 0 unspecified atom stereocenters. The van der Waals surface area contributed by atoms with Gasteiger partial charge in [0.15, 0.2) is 11.5 Å². The summed E-state index contributed by atoms with van der Waals surface area (Å²) >= 11 is 0. The van der Waals surface area contributed by atoms with Crippen LogP contribution in [0.25, 0.3) is 10.9 Å². The molecule has 0 atom stereocenters. The first-order chi connectivity index (χ1) is 10.4. The van der Waals surface area contributed by atoms with E-state index in [0.29, 0.717) is 6.79 Å². The molecule has 0 saturated carbocycles. The van der Waals surface area contributed by atoms with E-state index < -0.39 is 0 Å². The van der Waals surface area contributed by atoms with Crippen molar-refractivity contribution in [3.05, 3.63) is 60.3 Å². The predicted molar refractivity (Wildman–Crippen MR) is 81.6 cm³/mol. The second kappa shape index (κ2) is 4.98. The normalized spacial score (nSPS) is 12.6. The maximum Gasteiger partial charge on any atom is 0.231 e. The molecule has 21 heavy (non-hydrogen) atoms. The van der Waals surface area contributed by atoms with Gasteiger partial charge < -0.3 is 14.8 Å². The third-order valence-corrected chi connectivity index (χ3v) is 3.57. The second-order valence-electron chi connectivity index (χ2n) is 4.92. The molecule has 2 aromatic carbocycles. The zero-order valence-electron chi connectivity index (χ0n) is 11.4. The van der Waals surface area contributed by atoms with Crippen molar-refractivity contribution < 1.29 is 9.47 Å². The summed E-state index contributed by atoms with van der Waals surface area (Å²) in [6.07, 6.45) is 1.82. The Kier molecular flexibility index (Phi) is 2.85. The number of aromatic nitrogens is 1. The topological polar surface area (TPSA) is 43.4 Å². The largest absolute Gasteiger partial charge is 0.454 e. The van der Waals surface area contributed by atoms with Crippen LogP contribution >= 0.6 is 0 Å². The van der Waals surface area contributed by atoms with Crippen molar-refractivity contribution in [3.8, 4) is 11.5 Å². The van der Waals surface area contributed by atoms with Gasteiger partial charge >= 0.3 is 0 Å². The van der Waals surface area contributed by atoms with Gasteiger partial charge in [-0.2, -0.15) is 0 Å². The number of anilines is 1. The van der Waals surface area contributed by atoms with Gasteiger partial charge in [0.1, 0.15) is 0 Å². The van der Waals surface area contributed by atoms with Crippen LogP contribution in [0.4, 0.5) is 5.69 Å². The van der Waals surface area contributed by atoms with E-state index >= 15 is 0 Å². The summed E-state index contributed by atoms with van der Waals surface area (Å²) in [4.78, 5) is 4.37. The molecule has 1 aliphatic heterocycles. The first-order valence-electron chi connectivity index (χ1n) is 6.86. The quantitative estimate of drug-likeness (QED) is 0.795. The highest BCUT2D eigenvalue weighted by Crippen LogP contribution is 2.32. The van der Waals surface area contributed by atoms with E-state index in [1.165, 1.54) is 0 Å². The molecule has 0 bridgehead atoms. The average molecular weight is 278 g/mol. The van der Waals surface area contributed by atoms with E-state index in [9.17, 15) is 0 Å². The Morgan fingerprint density at radius 3 is 2.90 bits per heavy atom. The summed E-state index contributed by atoms with van der Waals surface area (Å²) in [6.45, 7) is 1.03. The molecule has 4 rings (SSSR count). The molecule has 2 heterocycles. The van der Waals surface area contributed by atoms with Gasteiger partial charge in [0.05, 0.1) is 5.52 Å². The summed E-state index contributed by atoms with van der Waals surface area (Å²) in [5.41, 5.74) is 3.23. The van der Waals surface area contributed by atoms with E-state index in [1.54, 1.807) is 0 Å². The molecule has 0 amide bonds. The molecule has 0 aliphatic carbocycles. The lowest BCUT2D eigenvalue weighted by Gasteiger charge is -2.09. The van der Waals surface area contributed by atoms with Gasteiger partial charge in [0.25, 0.3) is 0 Å². The summed E-state index contributed by atoms with van der Waals surface area (Å²) in [5, 5.41) is 4.58. The third kappa shape index (κ3) is 2.25. The molecule has 0 fully saturated rings. The Hall–Kier alpha value is -2.75. The fourth-order valence-corrected chi connectivity index (χ4v) is 2.50. The van der Waals surface area contributed by atoms with Crippen molar-refractivity contribution in [2.24, 2.45) is 0 Å². The van der Waals surface area contributed by atoms with E-state index in [2.05, 4.69) is 16.4 Å². The summed E-state index contributed by atoms with van der Waals surface area (Å²) < 4.78 is 10.7. The van der Waals surface area contributed by atoms with E-state index in [0.717, 1.165) is 40.2 Å². The number of hydrogen-bond donors (Lipinski definition) is 1. The van der Waals surface area contributed by atoms with Crippen LogP contribution in [0.3, 0.4) is 0 Å². The third-order valence-electron chi connectivity index (χ3n) is 3.57.